The van der Waals surface area contributed by atoms with Crippen LogP contribution in [0, 0.1) is 0 Å². The van der Waals surface area contributed by atoms with Gasteiger partial charge in [-0.15, -0.1) is 6.58 Å². The molecule has 0 amide bonds. The van der Waals surface area contributed by atoms with Gasteiger partial charge in [-0.25, -0.2) is 0 Å². The highest BCUT2D eigenvalue weighted by Crippen LogP contribution is 2.03. The van der Waals surface area contributed by atoms with Crippen molar-refractivity contribution >= 4 is 0 Å². The highest BCUT2D eigenvalue weighted by atomic mass is 15.3. The monoisotopic (exact) mass is 193 g/mol. The van der Waals surface area contributed by atoms with E-state index in [1.54, 1.807) is 0 Å². The summed E-state index contributed by atoms with van der Waals surface area (Å²) in [5, 5.41) is 7.73. The van der Waals surface area contributed by atoms with Crippen molar-refractivity contribution in [3.63, 3.8) is 0 Å². The van der Waals surface area contributed by atoms with Gasteiger partial charge in [0.1, 0.15) is 0 Å². The lowest BCUT2D eigenvalue weighted by Gasteiger charge is -2.08. The second-order valence-corrected chi connectivity index (χ2v) is 3.51. The van der Waals surface area contributed by atoms with Gasteiger partial charge in [0.05, 0.1) is 11.4 Å². The Morgan fingerprint density at radius 3 is 2.93 bits per heavy atom. The zero-order valence-electron chi connectivity index (χ0n) is 9.25. The summed E-state index contributed by atoms with van der Waals surface area (Å²) in [6.07, 6.45) is 2.89. The van der Waals surface area contributed by atoms with Gasteiger partial charge >= 0.3 is 0 Å². The zero-order valence-corrected chi connectivity index (χ0v) is 9.25. The van der Waals surface area contributed by atoms with Crippen LogP contribution in [0.4, 0.5) is 0 Å². The molecule has 1 unspecified atom stereocenters. The van der Waals surface area contributed by atoms with E-state index in [2.05, 4.69) is 36.9 Å². The maximum absolute atomic E-state index is 4.38. The molecule has 0 bridgehead atoms. The lowest BCUT2D eigenvalue weighted by molar-refractivity contribution is 0.591. The fraction of sp³-hybridized carbons (Fsp3) is 0.545. The summed E-state index contributed by atoms with van der Waals surface area (Å²) in [6.45, 7) is 8.78. The summed E-state index contributed by atoms with van der Waals surface area (Å²) >= 11 is 0. The van der Waals surface area contributed by atoms with Crippen molar-refractivity contribution in [1.82, 2.24) is 15.1 Å². The normalized spacial score (nSPS) is 12.8. The van der Waals surface area contributed by atoms with Crippen molar-refractivity contribution in [2.45, 2.75) is 32.9 Å². The molecule has 1 heterocycles. The van der Waals surface area contributed by atoms with Gasteiger partial charge in [0.25, 0.3) is 0 Å². The van der Waals surface area contributed by atoms with E-state index in [1.165, 1.54) is 5.69 Å². The fourth-order valence-electron chi connectivity index (χ4n) is 1.26. The minimum absolute atomic E-state index is 0.343. The summed E-state index contributed by atoms with van der Waals surface area (Å²) < 4.78 is 1.93. The molecule has 14 heavy (non-hydrogen) atoms. The molecule has 1 aromatic heterocycles. The van der Waals surface area contributed by atoms with E-state index in [4.69, 9.17) is 0 Å². The third-order valence-electron chi connectivity index (χ3n) is 2.35. The Morgan fingerprint density at radius 1 is 1.71 bits per heavy atom. The van der Waals surface area contributed by atoms with Crippen LogP contribution >= 0.6 is 0 Å². The van der Waals surface area contributed by atoms with Crippen LogP contribution in [-0.4, -0.2) is 15.8 Å². The quantitative estimate of drug-likeness (QED) is 0.721. The Bertz CT molecular complexity index is 301. The Balaban J connectivity index is 2.57. The molecule has 1 atom stereocenters. The molecule has 1 N–H and O–H groups in total. The van der Waals surface area contributed by atoms with Crippen molar-refractivity contribution in [3.05, 3.63) is 30.1 Å². The molecule has 0 fully saturated rings. The summed E-state index contributed by atoms with van der Waals surface area (Å²) in [4.78, 5) is 0. The van der Waals surface area contributed by atoms with Crippen LogP contribution in [-0.2, 0) is 20.0 Å². The second kappa shape index (κ2) is 4.96. The molecule has 0 aliphatic heterocycles. The first kappa shape index (κ1) is 11.0. The van der Waals surface area contributed by atoms with Crippen LogP contribution in [0.3, 0.4) is 0 Å². The standard InChI is InChI=1S/C11H19N3/c1-5-9(3)12-8-11-7-10(6-2)13-14(11)4/h5,7,9,12H,1,6,8H2,2-4H3. The Kier molecular flexibility index (Phi) is 3.89. The minimum Gasteiger partial charge on any atom is -0.305 e. The molecule has 3 nitrogen and oxygen atoms in total. The SMILES string of the molecule is C=CC(C)NCc1cc(CC)nn1C. The van der Waals surface area contributed by atoms with E-state index in [0.29, 0.717) is 6.04 Å². The zero-order chi connectivity index (χ0) is 10.6. The molecule has 0 aromatic carbocycles. The Morgan fingerprint density at radius 2 is 2.43 bits per heavy atom. The lowest BCUT2D eigenvalue weighted by atomic mass is 10.3. The predicted molar refractivity (Wildman–Crippen MR) is 59.1 cm³/mol. The molecule has 1 aromatic rings. The van der Waals surface area contributed by atoms with Crippen LogP contribution in [0.2, 0.25) is 0 Å². The molecule has 0 saturated heterocycles. The predicted octanol–water partition coefficient (Wildman–Crippen LogP) is 1.65. The highest BCUT2D eigenvalue weighted by Gasteiger charge is 2.03. The smallest absolute Gasteiger partial charge is 0.0625 e. The number of hydrogen-bond donors (Lipinski definition) is 1. The third kappa shape index (κ3) is 2.70. The molecular weight excluding hydrogens is 174 g/mol. The molecule has 0 saturated carbocycles. The van der Waals surface area contributed by atoms with E-state index in [0.717, 1.165) is 18.7 Å². The van der Waals surface area contributed by atoms with E-state index < -0.39 is 0 Å². The van der Waals surface area contributed by atoms with Gasteiger partial charge in [0.2, 0.25) is 0 Å². The van der Waals surface area contributed by atoms with E-state index in [1.807, 2.05) is 17.8 Å². The maximum atomic E-state index is 4.38. The number of hydrogen-bond acceptors (Lipinski definition) is 2. The topological polar surface area (TPSA) is 29.9 Å². The van der Waals surface area contributed by atoms with Gasteiger partial charge < -0.3 is 5.32 Å². The van der Waals surface area contributed by atoms with Gasteiger partial charge in [-0.05, 0) is 19.4 Å². The number of nitrogens with one attached hydrogen (secondary N) is 1. The highest BCUT2D eigenvalue weighted by molar-refractivity contribution is 5.10. The van der Waals surface area contributed by atoms with Gasteiger partial charge in [-0.3, -0.25) is 4.68 Å². The Labute approximate surface area is 85.8 Å². The van der Waals surface area contributed by atoms with Crippen molar-refractivity contribution in [2.75, 3.05) is 0 Å². The summed E-state index contributed by atoms with van der Waals surface area (Å²) in [7, 11) is 1.98. The van der Waals surface area contributed by atoms with Crippen molar-refractivity contribution in [1.29, 1.82) is 0 Å². The van der Waals surface area contributed by atoms with Crippen LogP contribution < -0.4 is 5.32 Å². The third-order valence-corrected chi connectivity index (χ3v) is 2.35. The van der Waals surface area contributed by atoms with Gasteiger partial charge in [-0.1, -0.05) is 13.0 Å². The minimum atomic E-state index is 0.343. The van der Waals surface area contributed by atoms with Crippen molar-refractivity contribution in [3.8, 4) is 0 Å². The van der Waals surface area contributed by atoms with Crippen LogP contribution in [0.25, 0.3) is 0 Å². The number of aromatic nitrogens is 2. The average Bonchev–Trinajstić information content (AvgIpc) is 2.55. The van der Waals surface area contributed by atoms with Crippen LogP contribution in [0.1, 0.15) is 25.2 Å². The largest absolute Gasteiger partial charge is 0.305 e. The molecule has 1 rings (SSSR count). The number of nitrogens with zero attached hydrogens (tertiary/aromatic N) is 2. The molecule has 0 radical (unpaired) electrons. The number of aryl methyl sites for hydroxylation is 2. The maximum Gasteiger partial charge on any atom is 0.0625 e. The molecule has 78 valence electrons. The van der Waals surface area contributed by atoms with Crippen LogP contribution in [0.15, 0.2) is 18.7 Å². The van der Waals surface area contributed by atoms with Gasteiger partial charge in [-0.2, -0.15) is 5.10 Å². The first-order chi connectivity index (χ1) is 6.67. The lowest BCUT2D eigenvalue weighted by Crippen LogP contribution is -2.24. The van der Waals surface area contributed by atoms with Gasteiger partial charge in [0.15, 0.2) is 0 Å². The average molecular weight is 193 g/mol. The molecule has 3 heteroatoms. The van der Waals surface area contributed by atoms with Crippen molar-refractivity contribution < 1.29 is 0 Å². The molecule has 0 aliphatic rings. The molecule has 0 spiro atoms. The van der Waals surface area contributed by atoms with E-state index >= 15 is 0 Å². The summed E-state index contributed by atoms with van der Waals surface area (Å²) in [5.74, 6) is 0. The van der Waals surface area contributed by atoms with E-state index in [-0.39, 0.29) is 0 Å². The Hall–Kier alpha value is -1.09. The summed E-state index contributed by atoms with van der Waals surface area (Å²) in [6, 6.07) is 2.48. The molecule has 0 aliphatic carbocycles. The van der Waals surface area contributed by atoms with Gasteiger partial charge in [0, 0.05) is 19.6 Å². The molecular formula is C11H19N3. The summed E-state index contributed by atoms with van der Waals surface area (Å²) in [5.41, 5.74) is 2.37. The van der Waals surface area contributed by atoms with Crippen molar-refractivity contribution in [2.24, 2.45) is 7.05 Å². The first-order valence-electron chi connectivity index (χ1n) is 5.05. The second-order valence-electron chi connectivity index (χ2n) is 3.51. The van der Waals surface area contributed by atoms with Crippen LogP contribution in [0.5, 0.6) is 0 Å². The number of rotatable bonds is 5. The van der Waals surface area contributed by atoms with E-state index in [9.17, 15) is 0 Å². The fourth-order valence-corrected chi connectivity index (χ4v) is 1.26. The first-order valence-corrected chi connectivity index (χ1v) is 5.05.